The lowest BCUT2D eigenvalue weighted by Crippen LogP contribution is -2.22. The van der Waals surface area contributed by atoms with Gasteiger partial charge in [0.25, 0.3) is 0 Å². The fraction of sp³-hybridized carbons (Fsp3) is 0.154. The number of carbonyl (C=O) groups excluding carboxylic acids is 1. The number of halogens is 2. The first-order valence-corrected chi connectivity index (χ1v) is 6.92. The molecular formula is C13H10BrClN2O3. The zero-order chi connectivity index (χ0) is 14.7. The average molecular weight is 358 g/mol. The van der Waals surface area contributed by atoms with E-state index in [0.717, 1.165) is 0 Å². The van der Waals surface area contributed by atoms with Crippen LogP contribution in [0.4, 0.5) is 0 Å². The lowest BCUT2D eigenvalue weighted by Gasteiger charge is -2.08. The van der Waals surface area contributed by atoms with Crippen molar-refractivity contribution in [3.05, 3.63) is 55.9 Å². The van der Waals surface area contributed by atoms with E-state index in [4.69, 9.17) is 16.3 Å². The van der Waals surface area contributed by atoms with Crippen LogP contribution in [0.2, 0.25) is 5.02 Å². The van der Waals surface area contributed by atoms with Gasteiger partial charge in [-0.3, -0.25) is 4.79 Å². The number of benzene rings is 1. The number of nitrogens with zero attached hydrogens (tertiary/aromatic N) is 2. The highest BCUT2D eigenvalue weighted by molar-refractivity contribution is 9.10. The molecule has 5 nitrogen and oxygen atoms in total. The molecule has 0 radical (unpaired) electrons. The van der Waals surface area contributed by atoms with Crippen molar-refractivity contribution >= 4 is 33.5 Å². The maximum absolute atomic E-state index is 11.6. The zero-order valence-electron chi connectivity index (χ0n) is 10.5. The van der Waals surface area contributed by atoms with Crippen molar-refractivity contribution in [1.29, 1.82) is 0 Å². The van der Waals surface area contributed by atoms with E-state index >= 15 is 0 Å². The summed E-state index contributed by atoms with van der Waals surface area (Å²) in [6.07, 6.45) is 1.47. The van der Waals surface area contributed by atoms with E-state index in [0.29, 0.717) is 15.2 Å². The number of hydrogen-bond donors (Lipinski definition) is 0. The molecule has 104 valence electrons. The lowest BCUT2D eigenvalue weighted by atomic mass is 10.3. The fourth-order valence-corrected chi connectivity index (χ4v) is 2.00. The molecule has 0 unspecified atom stereocenters. The van der Waals surface area contributed by atoms with Crippen molar-refractivity contribution in [2.24, 2.45) is 0 Å². The second-order valence-electron chi connectivity index (χ2n) is 3.79. The van der Waals surface area contributed by atoms with E-state index in [1.165, 1.54) is 16.9 Å². The number of hydrogen-bond acceptors (Lipinski definition) is 4. The Morgan fingerprint density at radius 2 is 2.20 bits per heavy atom. The maximum Gasteiger partial charge on any atom is 0.362 e. The van der Waals surface area contributed by atoms with Crippen LogP contribution in [0.15, 0.2) is 39.7 Å². The molecule has 2 aromatic rings. The molecule has 0 saturated carbocycles. The molecule has 1 aromatic heterocycles. The summed E-state index contributed by atoms with van der Waals surface area (Å²) in [6, 6.07) is 6.40. The summed E-state index contributed by atoms with van der Waals surface area (Å²) in [6.45, 7) is 1.84. The van der Waals surface area contributed by atoms with Crippen LogP contribution in [0, 0.1) is 0 Å². The molecule has 2 rings (SSSR count). The van der Waals surface area contributed by atoms with Crippen LogP contribution in [-0.4, -0.2) is 22.4 Å². The van der Waals surface area contributed by atoms with Crippen LogP contribution in [0.3, 0.4) is 0 Å². The number of aromatic nitrogens is 2. The largest absolute Gasteiger partial charge is 0.461 e. The van der Waals surface area contributed by atoms with Crippen LogP contribution >= 0.6 is 27.5 Å². The predicted octanol–water partition coefficient (Wildman–Crippen LogP) is 2.83. The van der Waals surface area contributed by atoms with E-state index in [-0.39, 0.29) is 12.3 Å². The van der Waals surface area contributed by atoms with Gasteiger partial charge in [0.15, 0.2) is 0 Å². The Balaban J connectivity index is 2.48. The minimum Gasteiger partial charge on any atom is -0.461 e. The van der Waals surface area contributed by atoms with Crippen LogP contribution < -0.4 is 5.43 Å². The molecule has 0 aliphatic rings. The summed E-state index contributed by atoms with van der Waals surface area (Å²) in [5.74, 6) is -0.736. The molecule has 0 aliphatic carbocycles. The molecule has 0 fully saturated rings. The van der Waals surface area contributed by atoms with Gasteiger partial charge in [0.2, 0.25) is 11.1 Å². The van der Waals surface area contributed by atoms with Gasteiger partial charge < -0.3 is 4.74 Å². The predicted molar refractivity (Wildman–Crippen MR) is 78.5 cm³/mol. The molecule has 0 saturated heterocycles. The Labute approximate surface area is 128 Å². The molecule has 0 N–H and O–H groups in total. The van der Waals surface area contributed by atoms with Gasteiger partial charge in [-0.05, 0) is 41.1 Å². The summed E-state index contributed by atoms with van der Waals surface area (Å²) in [5.41, 5.74) is -0.0695. The van der Waals surface area contributed by atoms with E-state index in [1.807, 2.05) is 0 Å². The third-order valence-electron chi connectivity index (χ3n) is 2.44. The van der Waals surface area contributed by atoms with Gasteiger partial charge in [-0.1, -0.05) is 11.6 Å². The van der Waals surface area contributed by atoms with Crippen molar-refractivity contribution in [3.63, 3.8) is 0 Å². The Kier molecular flexibility index (Phi) is 4.57. The molecule has 1 aromatic carbocycles. The summed E-state index contributed by atoms with van der Waals surface area (Å²) in [7, 11) is 0. The Bertz CT molecular complexity index is 715. The molecule has 0 bridgehead atoms. The molecule has 0 aliphatic heterocycles. The third-order valence-corrected chi connectivity index (χ3v) is 3.66. The number of rotatable bonds is 3. The van der Waals surface area contributed by atoms with Crippen LogP contribution in [-0.2, 0) is 4.74 Å². The SMILES string of the molecule is CCOC(=O)c1nn(-c2ccc(Cl)c(Br)c2)ccc1=O. The Morgan fingerprint density at radius 3 is 2.85 bits per heavy atom. The van der Waals surface area contributed by atoms with E-state index in [9.17, 15) is 9.59 Å². The molecular weight excluding hydrogens is 348 g/mol. The van der Waals surface area contributed by atoms with Gasteiger partial charge in [0.1, 0.15) is 0 Å². The monoisotopic (exact) mass is 356 g/mol. The molecule has 7 heteroatoms. The van der Waals surface area contributed by atoms with Gasteiger partial charge >= 0.3 is 5.97 Å². The van der Waals surface area contributed by atoms with Crippen LogP contribution in [0.1, 0.15) is 17.4 Å². The maximum atomic E-state index is 11.6. The van der Waals surface area contributed by atoms with Gasteiger partial charge in [0.05, 0.1) is 17.3 Å². The fourth-order valence-electron chi connectivity index (χ4n) is 1.52. The second-order valence-corrected chi connectivity index (χ2v) is 5.05. The van der Waals surface area contributed by atoms with Crippen LogP contribution in [0.25, 0.3) is 5.69 Å². The van der Waals surface area contributed by atoms with Crippen molar-refractivity contribution in [1.82, 2.24) is 9.78 Å². The van der Waals surface area contributed by atoms with Gasteiger partial charge in [-0.2, -0.15) is 5.10 Å². The quantitative estimate of drug-likeness (QED) is 0.793. The van der Waals surface area contributed by atoms with Gasteiger partial charge in [-0.15, -0.1) is 0 Å². The van der Waals surface area contributed by atoms with E-state index in [1.54, 1.807) is 25.1 Å². The zero-order valence-corrected chi connectivity index (χ0v) is 12.8. The van der Waals surface area contributed by atoms with Crippen molar-refractivity contribution < 1.29 is 9.53 Å². The lowest BCUT2D eigenvalue weighted by molar-refractivity contribution is 0.0515. The highest BCUT2D eigenvalue weighted by atomic mass is 79.9. The molecule has 0 atom stereocenters. The summed E-state index contributed by atoms with van der Waals surface area (Å²) in [4.78, 5) is 23.3. The number of carbonyl (C=O) groups is 1. The normalized spacial score (nSPS) is 10.3. The third kappa shape index (κ3) is 3.08. The number of ether oxygens (including phenoxy) is 1. The summed E-state index contributed by atoms with van der Waals surface area (Å²) in [5, 5.41) is 4.55. The Morgan fingerprint density at radius 1 is 1.45 bits per heavy atom. The first-order valence-electron chi connectivity index (χ1n) is 5.75. The minimum absolute atomic E-state index is 0.182. The minimum atomic E-state index is -0.736. The van der Waals surface area contributed by atoms with Crippen molar-refractivity contribution in [2.75, 3.05) is 6.61 Å². The molecule has 20 heavy (non-hydrogen) atoms. The summed E-state index contributed by atoms with van der Waals surface area (Å²) >= 11 is 9.22. The second kappa shape index (κ2) is 6.19. The first-order chi connectivity index (χ1) is 9.52. The molecule has 0 spiro atoms. The molecule has 1 heterocycles. The first kappa shape index (κ1) is 14.7. The van der Waals surface area contributed by atoms with Crippen molar-refractivity contribution in [2.45, 2.75) is 6.92 Å². The van der Waals surface area contributed by atoms with Crippen molar-refractivity contribution in [3.8, 4) is 5.69 Å². The summed E-state index contributed by atoms with van der Waals surface area (Å²) < 4.78 is 6.90. The van der Waals surface area contributed by atoms with E-state index < -0.39 is 11.4 Å². The smallest absolute Gasteiger partial charge is 0.362 e. The molecule has 0 amide bonds. The topological polar surface area (TPSA) is 61.2 Å². The van der Waals surface area contributed by atoms with E-state index in [2.05, 4.69) is 21.0 Å². The Hall–Kier alpha value is -1.66. The number of esters is 1. The highest BCUT2D eigenvalue weighted by Crippen LogP contribution is 2.24. The van der Waals surface area contributed by atoms with Gasteiger partial charge in [-0.25, -0.2) is 9.48 Å². The van der Waals surface area contributed by atoms with Gasteiger partial charge in [0, 0.05) is 16.7 Å². The standard InChI is InChI=1S/C13H10BrClN2O3/c1-2-20-13(19)12-11(18)5-6-17(16-12)8-3-4-10(15)9(14)7-8/h3-7H,2H2,1H3. The van der Waals surface area contributed by atoms with Crippen LogP contribution in [0.5, 0.6) is 0 Å². The highest BCUT2D eigenvalue weighted by Gasteiger charge is 2.14. The average Bonchev–Trinajstić information content (AvgIpc) is 2.42.